The Balaban J connectivity index is 1.48. The van der Waals surface area contributed by atoms with Crippen molar-refractivity contribution < 1.29 is 4.74 Å². The van der Waals surface area contributed by atoms with E-state index in [1.807, 2.05) is 72.8 Å². The summed E-state index contributed by atoms with van der Waals surface area (Å²) in [6.07, 6.45) is 3.00. The number of hydrogen-bond acceptors (Lipinski definition) is 6. The number of imidazole rings is 1. The lowest BCUT2D eigenvalue weighted by Gasteiger charge is -2.10. The Kier molecular flexibility index (Phi) is 5.77. The Morgan fingerprint density at radius 3 is 2.68 bits per heavy atom. The number of fused-ring (bicyclic) bond motifs is 1. The van der Waals surface area contributed by atoms with E-state index < -0.39 is 0 Å². The van der Waals surface area contributed by atoms with Crippen LogP contribution in [0.4, 0.5) is 5.69 Å². The van der Waals surface area contributed by atoms with Crippen LogP contribution in [0.25, 0.3) is 16.7 Å². The van der Waals surface area contributed by atoms with Gasteiger partial charge in [-0.05, 0) is 36.4 Å². The van der Waals surface area contributed by atoms with Crippen molar-refractivity contribution in [2.75, 3.05) is 0 Å². The van der Waals surface area contributed by atoms with Crippen LogP contribution in [0.5, 0.6) is 11.8 Å². The van der Waals surface area contributed by atoms with Crippen molar-refractivity contribution in [3.63, 3.8) is 0 Å². The predicted molar refractivity (Wildman–Crippen MR) is 132 cm³/mol. The van der Waals surface area contributed by atoms with Gasteiger partial charge in [0.15, 0.2) is 5.69 Å². The van der Waals surface area contributed by atoms with E-state index in [-0.39, 0.29) is 17.5 Å². The van der Waals surface area contributed by atoms with E-state index in [4.69, 9.17) is 10.1 Å². The van der Waals surface area contributed by atoms with Gasteiger partial charge in [0.25, 0.3) is 6.01 Å². The molecule has 2 aromatic heterocycles. The molecule has 0 unspecified atom stereocenters. The number of H-pyrrole nitrogens is 1. The molecule has 0 fully saturated rings. The number of aromatic amines is 1. The molecule has 5 rings (SSSR count). The second-order valence-corrected chi connectivity index (χ2v) is 7.43. The maximum Gasteiger partial charge on any atom is 0.300 e. The van der Waals surface area contributed by atoms with E-state index in [0.29, 0.717) is 28.8 Å². The summed E-state index contributed by atoms with van der Waals surface area (Å²) in [5, 5.41) is 12.1. The van der Waals surface area contributed by atoms with Gasteiger partial charge in [0.2, 0.25) is 5.43 Å². The Morgan fingerprint density at radius 1 is 1.03 bits per heavy atom. The number of nitrogens with zero attached hydrogens (tertiary/aromatic N) is 4. The second-order valence-electron chi connectivity index (χ2n) is 7.43. The Morgan fingerprint density at radius 2 is 1.85 bits per heavy atom. The van der Waals surface area contributed by atoms with Crippen molar-refractivity contribution in [1.82, 2.24) is 19.7 Å². The van der Waals surface area contributed by atoms with Gasteiger partial charge in [0, 0.05) is 31.0 Å². The highest BCUT2D eigenvalue weighted by Gasteiger charge is 2.12. The molecule has 8 heteroatoms. The average Bonchev–Trinajstić information content (AvgIpc) is 3.27. The van der Waals surface area contributed by atoms with Crippen LogP contribution in [0.1, 0.15) is 12.1 Å². The molecule has 3 aromatic carbocycles. The Hall–Kier alpha value is -4.85. The van der Waals surface area contributed by atoms with Gasteiger partial charge in [0.1, 0.15) is 5.75 Å². The van der Waals surface area contributed by atoms with Crippen LogP contribution in [0, 0.1) is 5.41 Å². The van der Waals surface area contributed by atoms with Gasteiger partial charge in [-0.25, -0.2) is 4.68 Å². The Bertz CT molecular complexity index is 1520. The average molecular weight is 448 g/mol. The van der Waals surface area contributed by atoms with Gasteiger partial charge >= 0.3 is 0 Å². The monoisotopic (exact) mass is 448 g/mol. The summed E-state index contributed by atoms with van der Waals surface area (Å²) < 4.78 is 7.51. The van der Waals surface area contributed by atoms with E-state index in [0.717, 1.165) is 11.0 Å². The number of rotatable bonds is 7. The lowest BCUT2D eigenvalue weighted by Crippen LogP contribution is -2.21. The number of nitrogens with one attached hydrogen (secondary N) is 2. The molecule has 2 heterocycles. The van der Waals surface area contributed by atoms with E-state index in [9.17, 15) is 4.79 Å². The molecule has 0 radical (unpaired) electrons. The summed E-state index contributed by atoms with van der Waals surface area (Å²) in [5.74, 6) is 0.566. The van der Waals surface area contributed by atoms with Crippen molar-refractivity contribution in [2.45, 2.75) is 6.42 Å². The quantitative estimate of drug-likeness (QED) is 0.339. The van der Waals surface area contributed by atoms with Crippen molar-refractivity contribution in [3.05, 3.63) is 107 Å². The number of para-hydroxylation sites is 3. The van der Waals surface area contributed by atoms with Crippen LogP contribution in [0.3, 0.4) is 0 Å². The number of hydrogen-bond donors (Lipinski definition) is 2. The van der Waals surface area contributed by atoms with Crippen LogP contribution in [-0.2, 0) is 0 Å². The standard InChI is InChI=1S/C26H20N6O2/c27-15-13-23(28-18-7-2-1-3-8-18)25-24(33)14-16-32(31-25)19-9-6-10-20(17-19)34-26-29-21-11-4-5-12-22(21)30-26/h1-12,14-17,27H,13H2,(H,29,30). The third-order valence-electron chi connectivity index (χ3n) is 5.06. The minimum atomic E-state index is -0.262. The van der Waals surface area contributed by atoms with E-state index in [2.05, 4.69) is 20.1 Å². The third kappa shape index (κ3) is 4.51. The molecule has 0 spiro atoms. The number of aliphatic imine (C=N–C) groups is 1. The molecule has 166 valence electrons. The highest BCUT2D eigenvalue weighted by molar-refractivity contribution is 6.06. The topological polar surface area (TPSA) is 109 Å². The minimum Gasteiger partial charge on any atom is -0.426 e. The summed E-state index contributed by atoms with van der Waals surface area (Å²) in [4.78, 5) is 24.8. The van der Waals surface area contributed by atoms with Crippen molar-refractivity contribution >= 4 is 28.6 Å². The smallest absolute Gasteiger partial charge is 0.300 e. The minimum absolute atomic E-state index is 0.191. The highest BCUT2D eigenvalue weighted by Crippen LogP contribution is 2.23. The first-order valence-electron chi connectivity index (χ1n) is 10.6. The van der Waals surface area contributed by atoms with Crippen LogP contribution in [-0.4, -0.2) is 31.7 Å². The first-order chi connectivity index (χ1) is 16.7. The molecule has 0 amide bonds. The fourth-order valence-corrected chi connectivity index (χ4v) is 3.48. The fourth-order valence-electron chi connectivity index (χ4n) is 3.48. The van der Waals surface area contributed by atoms with Crippen molar-refractivity contribution in [2.24, 2.45) is 4.99 Å². The fraction of sp³-hybridized carbons (Fsp3) is 0.0385. The lowest BCUT2D eigenvalue weighted by molar-refractivity contribution is 0.449. The largest absolute Gasteiger partial charge is 0.426 e. The molecule has 0 aliphatic carbocycles. The summed E-state index contributed by atoms with van der Waals surface area (Å²) in [5.41, 5.74) is 3.45. The molecule has 0 aliphatic rings. The Labute approximate surface area is 194 Å². The molecule has 0 bridgehead atoms. The molecule has 0 atom stereocenters. The van der Waals surface area contributed by atoms with Gasteiger partial charge < -0.3 is 15.1 Å². The van der Waals surface area contributed by atoms with Crippen molar-refractivity contribution in [1.29, 1.82) is 5.41 Å². The van der Waals surface area contributed by atoms with E-state index in [1.54, 1.807) is 16.9 Å². The lowest BCUT2D eigenvalue weighted by atomic mass is 10.2. The van der Waals surface area contributed by atoms with Gasteiger partial charge in [-0.15, -0.1) is 0 Å². The predicted octanol–water partition coefficient (Wildman–Crippen LogP) is 5.06. The molecule has 2 N–H and O–H groups in total. The summed E-state index contributed by atoms with van der Waals surface area (Å²) in [7, 11) is 0. The van der Waals surface area contributed by atoms with E-state index >= 15 is 0 Å². The van der Waals surface area contributed by atoms with Crippen molar-refractivity contribution in [3.8, 4) is 17.4 Å². The number of aromatic nitrogens is 4. The molecule has 5 aromatic rings. The van der Waals surface area contributed by atoms with Gasteiger partial charge in [-0.2, -0.15) is 10.1 Å². The maximum atomic E-state index is 12.6. The number of benzene rings is 3. The highest BCUT2D eigenvalue weighted by atomic mass is 16.5. The first-order valence-corrected chi connectivity index (χ1v) is 10.6. The summed E-state index contributed by atoms with van der Waals surface area (Å²) in [6, 6.07) is 26.1. The molecular formula is C26H20N6O2. The van der Waals surface area contributed by atoms with Crippen LogP contribution in [0.15, 0.2) is 101 Å². The van der Waals surface area contributed by atoms with Gasteiger partial charge in [-0.3, -0.25) is 9.79 Å². The van der Waals surface area contributed by atoms with E-state index in [1.165, 1.54) is 12.3 Å². The SMILES string of the molecule is N=CCC(=Nc1ccccc1)c1nn(-c2cccc(Oc3nc4ccccc4[nH]3)c2)ccc1=O. The zero-order valence-electron chi connectivity index (χ0n) is 18.1. The molecule has 0 saturated heterocycles. The molecule has 8 nitrogen and oxygen atoms in total. The summed E-state index contributed by atoms with van der Waals surface area (Å²) in [6.45, 7) is 0. The zero-order chi connectivity index (χ0) is 23.3. The van der Waals surface area contributed by atoms with Gasteiger partial charge in [0.05, 0.1) is 28.1 Å². The van der Waals surface area contributed by atoms with Crippen LogP contribution < -0.4 is 10.2 Å². The maximum absolute atomic E-state index is 12.6. The van der Waals surface area contributed by atoms with Crippen LogP contribution >= 0.6 is 0 Å². The van der Waals surface area contributed by atoms with Crippen LogP contribution in [0.2, 0.25) is 0 Å². The normalized spacial score (nSPS) is 11.5. The number of ether oxygens (including phenoxy) is 1. The molecule has 0 aliphatic heterocycles. The second kappa shape index (κ2) is 9.33. The third-order valence-corrected chi connectivity index (χ3v) is 5.06. The zero-order valence-corrected chi connectivity index (χ0v) is 18.1. The van der Waals surface area contributed by atoms with Gasteiger partial charge in [-0.1, -0.05) is 36.4 Å². The molecule has 34 heavy (non-hydrogen) atoms. The molecular weight excluding hydrogens is 428 g/mol. The summed E-state index contributed by atoms with van der Waals surface area (Å²) >= 11 is 0. The molecule has 0 saturated carbocycles. The first kappa shape index (κ1) is 21.0.